The summed E-state index contributed by atoms with van der Waals surface area (Å²) in [6.45, 7) is 2.71. The van der Waals surface area contributed by atoms with Gasteiger partial charge in [0.2, 0.25) is 0 Å². The van der Waals surface area contributed by atoms with Crippen LogP contribution in [0.3, 0.4) is 0 Å². The van der Waals surface area contributed by atoms with Crippen molar-refractivity contribution in [3.8, 4) is 0 Å². The maximum absolute atomic E-state index is 12.4. The molecule has 3 heterocycles. The molecule has 1 aliphatic heterocycles. The highest BCUT2D eigenvalue weighted by atomic mass is 35.5. The number of hydrogen-bond acceptors (Lipinski definition) is 5. The van der Waals surface area contributed by atoms with E-state index in [2.05, 4.69) is 20.0 Å². The van der Waals surface area contributed by atoms with Gasteiger partial charge in [-0.05, 0) is 19.8 Å². The number of Topliss-reactive ketones (excluding diaryl/α,β-unsaturated/α-hetero) is 1. The quantitative estimate of drug-likeness (QED) is 0.639. The molecule has 0 radical (unpaired) electrons. The maximum atomic E-state index is 12.4. The molecule has 7 heteroatoms. The molecule has 116 valence electrons. The fourth-order valence-electron chi connectivity index (χ4n) is 2.91. The van der Waals surface area contributed by atoms with Crippen LogP contribution < -0.4 is 4.90 Å². The van der Waals surface area contributed by atoms with E-state index in [1.807, 2.05) is 14.0 Å². The Labute approximate surface area is 134 Å². The van der Waals surface area contributed by atoms with Crippen LogP contribution >= 0.6 is 11.6 Å². The van der Waals surface area contributed by atoms with E-state index >= 15 is 0 Å². The number of hydrogen-bond donors (Lipinski definition) is 0. The first kappa shape index (κ1) is 15.0. The monoisotopic (exact) mass is 319 g/mol. The Morgan fingerprint density at radius 2 is 2.27 bits per heavy atom. The summed E-state index contributed by atoms with van der Waals surface area (Å²) in [5.74, 6) is 1.56. The third-order valence-electron chi connectivity index (χ3n) is 3.91. The van der Waals surface area contributed by atoms with Crippen molar-refractivity contribution in [1.82, 2.24) is 19.7 Å². The van der Waals surface area contributed by atoms with Crippen LogP contribution in [0.25, 0.3) is 0 Å². The topological polar surface area (TPSA) is 63.9 Å². The fourth-order valence-corrected chi connectivity index (χ4v) is 3.13. The highest BCUT2D eigenvalue weighted by molar-refractivity contribution is 6.29. The zero-order valence-corrected chi connectivity index (χ0v) is 13.4. The molecule has 0 amide bonds. The molecular weight excluding hydrogens is 302 g/mol. The number of carbonyl (C=O) groups is 1. The van der Waals surface area contributed by atoms with E-state index in [1.54, 1.807) is 23.1 Å². The Hall–Kier alpha value is -1.95. The Kier molecular flexibility index (Phi) is 4.11. The highest BCUT2D eigenvalue weighted by Gasteiger charge is 2.28. The molecule has 0 N–H and O–H groups in total. The van der Waals surface area contributed by atoms with Crippen molar-refractivity contribution in [2.45, 2.75) is 32.2 Å². The van der Waals surface area contributed by atoms with Gasteiger partial charge in [-0.3, -0.25) is 9.48 Å². The van der Waals surface area contributed by atoms with Crippen LogP contribution in [0.4, 0.5) is 5.82 Å². The average molecular weight is 320 g/mol. The number of anilines is 1. The Balaban J connectivity index is 1.77. The summed E-state index contributed by atoms with van der Waals surface area (Å²) in [6.07, 6.45) is 5.87. The molecule has 0 aliphatic carbocycles. The Morgan fingerprint density at radius 1 is 1.45 bits per heavy atom. The molecule has 0 spiro atoms. The van der Waals surface area contributed by atoms with E-state index in [0.717, 1.165) is 25.2 Å². The zero-order valence-electron chi connectivity index (χ0n) is 12.7. The van der Waals surface area contributed by atoms with E-state index in [4.69, 9.17) is 11.6 Å². The third kappa shape index (κ3) is 3.11. The van der Waals surface area contributed by atoms with E-state index in [0.29, 0.717) is 23.0 Å². The molecular formula is C15H18ClN5O. The average Bonchev–Trinajstić information content (AvgIpc) is 3.06. The predicted molar refractivity (Wildman–Crippen MR) is 84.3 cm³/mol. The molecule has 1 atom stereocenters. The van der Waals surface area contributed by atoms with Crippen LogP contribution in [-0.2, 0) is 7.05 Å². The fraction of sp³-hybridized carbons (Fsp3) is 0.467. The molecule has 0 bridgehead atoms. The first-order valence-corrected chi connectivity index (χ1v) is 7.70. The second kappa shape index (κ2) is 6.04. The smallest absolute Gasteiger partial charge is 0.168 e. The van der Waals surface area contributed by atoms with Crippen molar-refractivity contribution in [2.24, 2.45) is 7.05 Å². The molecule has 1 aliphatic rings. The van der Waals surface area contributed by atoms with Gasteiger partial charge < -0.3 is 4.90 Å². The van der Waals surface area contributed by atoms with Crippen LogP contribution in [0.2, 0.25) is 5.15 Å². The van der Waals surface area contributed by atoms with Gasteiger partial charge in [-0.15, -0.1) is 0 Å². The minimum Gasteiger partial charge on any atom is -0.353 e. The van der Waals surface area contributed by atoms with E-state index in [-0.39, 0.29) is 11.8 Å². The van der Waals surface area contributed by atoms with Gasteiger partial charge in [0.1, 0.15) is 16.8 Å². The van der Waals surface area contributed by atoms with Gasteiger partial charge in [0.05, 0.1) is 11.8 Å². The van der Waals surface area contributed by atoms with E-state index in [9.17, 15) is 4.79 Å². The third-order valence-corrected chi connectivity index (χ3v) is 4.11. The van der Waals surface area contributed by atoms with Gasteiger partial charge in [0, 0.05) is 38.3 Å². The van der Waals surface area contributed by atoms with Gasteiger partial charge >= 0.3 is 0 Å². The predicted octanol–water partition coefficient (Wildman–Crippen LogP) is 2.41. The second-order valence-corrected chi connectivity index (χ2v) is 6.00. The van der Waals surface area contributed by atoms with E-state index < -0.39 is 0 Å². The van der Waals surface area contributed by atoms with Crippen LogP contribution in [0.5, 0.6) is 0 Å². The van der Waals surface area contributed by atoms with Crippen LogP contribution in [0.15, 0.2) is 18.5 Å². The lowest BCUT2D eigenvalue weighted by Gasteiger charge is -2.25. The lowest BCUT2D eigenvalue weighted by molar-refractivity contribution is 0.0974. The van der Waals surface area contributed by atoms with Crippen molar-refractivity contribution in [3.63, 3.8) is 0 Å². The largest absolute Gasteiger partial charge is 0.353 e. The lowest BCUT2D eigenvalue weighted by Crippen LogP contribution is -2.32. The number of carbonyl (C=O) groups excluding carboxylic acids is 1. The lowest BCUT2D eigenvalue weighted by atomic mass is 10.0. The molecule has 6 nitrogen and oxygen atoms in total. The first-order valence-electron chi connectivity index (χ1n) is 7.32. The van der Waals surface area contributed by atoms with Gasteiger partial charge in [-0.25, -0.2) is 9.97 Å². The summed E-state index contributed by atoms with van der Waals surface area (Å²) >= 11 is 6.02. The maximum Gasteiger partial charge on any atom is 0.168 e. The summed E-state index contributed by atoms with van der Waals surface area (Å²) in [5.41, 5.74) is 0.659. The molecule has 1 unspecified atom stereocenters. The molecule has 3 rings (SSSR count). The highest BCUT2D eigenvalue weighted by Crippen LogP contribution is 2.28. The molecule has 22 heavy (non-hydrogen) atoms. The number of aryl methyl sites for hydroxylation is 2. The van der Waals surface area contributed by atoms with Crippen LogP contribution in [0, 0.1) is 6.92 Å². The summed E-state index contributed by atoms with van der Waals surface area (Å²) in [7, 11) is 1.81. The van der Waals surface area contributed by atoms with Gasteiger partial charge in [-0.2, -0.15) is 5.10 Å². The number of aromatic nitrogens is 4. The molecule has 0 aromatic carbocycles. The summed E-state index contributed by atoms with van der Waals surface area (Å²) in [4.78, 5) is 23.1. The molecule has 0 saturated carbocycles. The Morgan fingerprint density at radius 3 is 2.95 bits per heavy atom. The van der Waals surface area contributed by atoms with Gasteiger partial charge in [0.25, 0.3) is 0 Å². The summed E-state index contributed by atoms with van der Waals surface area (Å²) in [5, 5.41) is 4.49. The van der Waals surface area contributed by atoms with Gasteiger partial charge in [0.15, 0.2) is 5.78 Å². The van der Waals surface area contributed by atoms with Crippen molar-refractivity contribution < 1.29 is 4.79 Å². The van der Waals surface area contributed by atoms with Crippen molar-refractivity contribution in [3.05, 3.63) is 35.0 Å². The van der Waals surface area contributed by atoms with Crippen LogP contribution in [0.1, 0.15) is 35.4 Å². The normalized spacial score (nSPS) is 18.0. The number of nitrogens with zero attached hydrogens (tertiary/aromatic N) is 5. The molecule has 1 fully saturated rings. The van der Waals surface area contributed by atoms with Crippen molar-refractivity contribution in [2.75, 3.05) is 11.4 Å². The summed E-state index contributed by atoms with van der Waals surface area (Å²) < 4.78 is 1.65. The molecule has 1 saturated heterocycles. The summed E-state index contributed by atoms with van der Waals surface area (Å²) in [6, 6.07) is 1.92. The first-order chi connectivity index (χ1) is 10.5. The molecule has 2 aromatic rings. The minimum atomic E-state index is 0.113. The number of rotatable bonds is 4. The van der Waals surface area contributed by atoms with Crippen LogP contribution in [-0.4, -0.2) is 38.1 Å². The van der Waals surface area contributed by atoms with Gasteiger partial charge in [-0.1, -0.05) is 11.6 Å². The SMILES string of the molecule is Cc1nc(Cl)cc(N2CCCC2CC(=O)c2cnn(C)c2)n1. The molecule has 2 aromatic heterocycles. The minimum absolute atomic E-state index is 0.113. The number of ketones is 1. The Bertz CT molecular complexity index is 679. The van der Waals surface area contributed by atoms with E-state index in [1.165, 1.54) is 0 Å². The second-order valence-electron chi connectivity index (χ2n) is 5.62. The number of halogens is 1. The zero-order chi connectivity index (χ0) is 15.7. The van der Waals surface area contributed by atoms with Crippen molar-refractivity contribution >= 4 is 23.2 Å². The standard InChI is InChI=1S/C15H18ClN5O/c1-10-18-14(16)7-15(19-10)21-5-3-4-12(21)6-13(22)11-8-17-20(2)9-11/h7-9,12H,3-6H2,1-2H3. The van der Waals surface area contributed by atoms with Crippen molar-refractivity contribution in [1.29, 1.82) is 0 Å².